The van der Waals surface area contributed by atoms with Crippen molar-refractivity contribution in [2.45, 2.75) is 13.0 Å². The molecule has 1 unspecified atom stereocenters. The molecule has 3 rings (SSSR count). The van der Waals surface area contributed by atoms with E-state index in [0.29, 0.717) is 34.5 Å². The predicted octanol–water partition coefficient (Wildman–Crippen LogP) is 1.95. The van der Waals surface area contributed by atoms with Gasteiger partial charge in [0.1, 0.15) is 0 Å². The number of fused-ring (bicyclic) bond motifs is 1. The van der Waals surface area contributed by atoms with Crippen LogP contribution in [0.3, 0.4) is 0 Å². The summed E-state index contributed by atoms with van der Waals surface area (Å²) >= 11 is 5.90. The second kappa shape index (κ2) is 6.35. The summed E-state index contributed by atoms with van der Waals surface area (Å²) < 4.78 is 1.57. The third-order valence-electron chi connectivity index (χ3n) is 3.11. The fourth-order valence-corrected chi connectivity index (χ4v) is 2.12. The number of aromatic nitrogens is 5. The molecule has 3 N–H and O–H groups in total. The van der Waals surface area contributed by atoms with Crippen LogP contribution in [0.25, 0.3) is 11.2 Å². The van der Waals surface area contributed by atoms with Gasteiger partial charge in [0.2, 0.25) is 5.95 Å². The number of nitrogens with one attached hydrogen (secondary N) is 2. The molecule has 3 aromatic rings. The first-order chi connectivity index (χ1) is 11.0. The number of aliphatic hydroxyl groups excluding tert-OH is 1. The van der Waals surface area contributed by atoms with E-state index in [2.05, 4.69) is 30.9 Å². The Kier molecular flexibility index (Phi) is 4.26. The Labute approximate surface area is 137 Å². The molecule has 2 aromatic heterocycles. The number of nitrogens with zero attached hydrogens (tertiary/aromatic N) is 5. The zero-order valence-electron chi connectivity index (χ0n) is 12.7. The van der Waals surface area contributed by atoms with Crippen LogP contribution in [0.15, 0.2) is 24.3 Å². The van der Waals surface area contributed by atoms with Crippen molar-refractivity contribution in [3.05, 3.63) is 29.3 Å². The second-order valence-electron chi connectivity index (χ2n) is 5.14. The van der Waals surface area contributed by atoms with Gasteiger partial charge >= 0.3 is 0 Å². The number of hydrogen-bond donors (Lipinski definition) is 3. The molecule has 8 nitrogen and oxygen atoms in total. The van der Waals surface area contributed by atoms with Crippen LogP contribution >= 0.6 is 11.6 Å². The number of benzene rings is 1. The second-order valence-corrected chi connectivity index (χ2v) is 5.58. The Balaban J connectivity index is 1.98. The summed E-state index contributed by atoms with van der Waals surface area (Å²) in [6.07, 6.45) is -0.508. The molecule has 1 aromatic carbocycles. The highest BCUT2D eigenvalue weighted by Gasteiger charge is 2.13. The van der Waals surface area contributed by atoms with E-state index in [1.807, 2.05) is 12.1 Å². The zero-order valence-corrected chi connectivity index (χ0v) is 13.4. The first kappa shape index (κ1) is 15.4. The smallest absolute Gasteiger partial charge is 0.226 e. The fourth-order valence-electron chi connectivity index (χ4n) is 1.99. The average molecular weight is 334 g/mol. The van der Waals surface area contributed by atoms with Crippen LogP contribution in [-0.4, -0.2) is 42.7 Å². The van der Waals surface area contributed by atoms with Crippen molar-refractivity contribution in [3.8, 4) is 0 Å². The molecule has 0 saturated carbocycles. The van der Waals surface area contributed by atoms with Gasteiger partial charge in [-0.2, -0.15) is 9.97 Å². The van der Waals surface area contributed by atoms with Gasteiger partial charge in [-0.25, -0.2) is 4.68 Å². The third-order valence-corrected chi connectivity index (χ3v) is 3.37. The number of anilines is 3. The van der Waals surface area contributed by atoms with Gasteiger partial charge in [-0.3, -0.25) is 0 Å². The van der Waals surface area contributed by atoms with Crippen LogP contribution in [0.2, 0.25) is 5.02 Å². The molecule has 0 bridgehead atoms. The van der Waals surface area contributed by atoms with Crippen molar-refractivity contribution in [3.63, 3.8) is 0 Å². The fraction of sp³-hybridized carbons (Fsp3) is 0.286. The molecule has 23 heavy (non-hydrogen) atoms. The molecule has 9 heteroatoms. The van der Waals surface area contributed by atoms with Gasteiger partial charge in [0.05, 0.1) is 6.10 Å². The van der Waals surface area contributed by atoms with E-state index < -0.39 is 6.10 Å². The van der Waals surface area contributed by atoms with Crippen molar-refractivity contribution >= 4 is 40.2 Å². The Hall–Kier alpha value is -2.45. The zero-order chi connectivity index (χ0) is 16.4. The third kappa shape index (κ3) is 3.49. The molecule has 1 atom stereocenters. The molecular weight excluding hydrogens is 318 g/mol. The highest BCUT2D eigenvalue weighted by molar-refractivity contribution is 6.30. The van der Waals surface area contributed by atoms with E-state index in [4.69, 9.17) is 11.6 Å². The van der Waals surface area contributed by atoms with Crippen LogP contribution < -0.4 is 10.6 Å². The van der Waals surface area contributed by atoms with Crippen LogP contribution in [-0.2, 0) is 7.05 Å². The lowest BCUT2D eigenvalue weighted by atomic mass is 10.3. The predicted molar refractivity (Wildman–Crippen MR) is 89.0 cm³/mol. The van der Waals surface area contributed by atoms with E-state index in [1.165, 1.54) is 0 Å². The van der Waals surface area contributed by atoms with Gasteiger partial charge in [0, 0.05) is 24.3 Å². The summed E-state index contributed by atoms with van der Waals surface area (Å²) in [4.78, 5) is 8.78. The highest BCUT2D eigenvalue weighted by Crippen LogP contribution is 2.24. The summed E-state index contributed by atoms with van der Waals surface area (Å²) in [6.45, 7) is 2.03. The summed E-state index contributed by atoms with van der Waals surface area (Å²) in [5.74, 6) is 0.916. The molecule has 120 valence electrons. The Morgan fingerprint density at radius 2 is 2.00 bits per heavy atom. The molecule has 0 aliphatic heterocycles. The Morgan fingerprint density at radius 3 is 2.70 bits per heavy atom. The summed E-state index contributed by atoms with van der Waals surface area (Å²) in [5, 5.41) is 24.3. The van der Waals surface area contributed by atoms with Gasteiger partial charge < -0.3 is 15.7 Å². The van der Waals surface area contributed by atoms with Gasteiger partial charge in [-0.05, 0) is 31.2 Å². The molecule has 0 radical (unpaired) electrons. The monoisotopic (exact) mass is 333 g/mol. The van der Waals surface area contributed by atoms with E-state index in [1.54, 1.807) is 30.8 Å². The number of aryl methyl sites for hydroxylation is 1. The van der Waals surface area contributed by atoms with Crippen molar-refractivity contribution in [1.82, 2.24) is 25.0 Å². The van der Waals surface area contributed by atoms with E-state index in [0.717, 1.165) is 5.69 Å². The quantitative estimate of drug-likeness (QED) is 0.656. The van der Waals surface area contributed by atoms with Gasteiger partial charge in [-0.15, -0.1) is 5.10 Å². The molecular formula is C14H16ClN7O. The van der Waals surface area contributed by atoms with Crippen LogP contribution in [0.5, 0.6) is 0 Å². The normalized spacial score (nSPS) is 12.3. The number of aliphatic hydroxyl groups is 1. The maximum atomic E-state index is 9.40. The molecule has 0 fully saturated rings. The molecule has 2 heterocycles. The number of rotatable bonds is 5. The largest absolute Gasteiger partial charge is 0.392 e. The minimum atomic E-state index is -0.508. The molecule has 0 aliphatic carbocycles. The van der Waals surface area contributed by atoms with Crippen molar-refractivity contribution in [2.75, 3.05) is 17.2 Å². The minimum Gasteiger partial charge on any atom is -0.392 e. The number of hydrogen-bond acceptors (Lipinski definition) is 7. The van der Waals surface area contributed by atoms with Gasteiger partial charge in [0.15, 0.2) is 17.0 Å². The minimum absolute atomic E-state index is 0.344. The van der Waals surface area contributed by atoms with Gasteiger partial charge in [0.25, 0.3) is 0 Å². The molecule has 0 aliphatic rings. The van der Waals surface area contributed by atoms with Crippen molar-refractivity contribution in [1.29, 1.82) is 0 Å². The highest BCUT2D eigenvalue weighted by atomic mass is 35.5. The van der Waals surface area contributed by atoms with Crippen LogP contribution in [0, 0.1) is 0 Å². The van der Waals surface area contributed by atoms with Crippen molar-refractivity contribution < 1.29 is 5.11 Å². The van der Waals surface area contributed by atoms with Crippen LogP contribution in [0.1, 0.15) is 6.92 Å². The first-order valence-electron chi connectivity index (χ1n) is 7.05. The van der Waals surface area contributed by atoms with E-state index in [-0.39, 0.29) is 0 Å². The first-order valence-corrected chi connectivity index (χ1v) is 7.42. The van der Waals surface area contributed by atoms with Crippen molar-refractivity contribution in [2.24, 2.45) is 7.05 Å². The summed E-state index contributed by atoms with van der Waals surface area (Å²) in [7, 11) is 1.76. The summed E-state index contributed by atoms with van der Waals surface area (Å²) in [6, 6.07) is 7.25. The number of halogens is 1. The molecule has 0 spiro atoms. The summed E-state index contributed by atoms with van der Waals surface area (Å²) in [5.41, 5.74) is 1.97. The maximum absolute atomic E-state index is 9.40. The van der Waals surface area contributed by atoms with E-state index >= 15 is 0 Å². The van der Waals surface area contributed by atoms with E-state index in [9.17, 15) is 5.11 Å². The standard InChI is InChI=1S/C14H16ClN7O/c1-8(23)7-16-14-18-12(11-13(19-14)22(2)21-20-11)17-10-5-3-9(15)4-6-10/h3-6,8,23H,7H2,1-2H3,(H2,16,17,18,19). The van der Waals surface area contributed by atoms with Crippen LogP contribution in [0.4, 0.5) is 17.5 Å². The lowest BCUT2D eigenvalue weighted by molar-refractivity contribution is 0.208. The van der Waals surface area contributed by atoms with Gasteiger partial charge in [-0.1, -0.05) is 16.8 Å². The lowest BCUT2D eigenvalue weighted by Crippen LogP contribution is -2.17. The SMILES string of the molecule is CC(O)CNc1nc(Nc2ccc(Cl)cc2)c2nnn(C)c2n1. The molecule has 0 amide bonds. The topological polar surface area (TPSA) is 101 Å². The Morgan fingerprint density at radius 1 is 1.26 bits per heavy atom. The molecule has 0 saturated heterocycles. The average Bonchev–Trinajstić information content (AvgIpc) is 2.89. The Bertz CT molecular complexity index is 816. The maximum Gasteiger partial charge on any atom is 0.226 e. The lowest BCUT2D eigenvalue weighted by Gasteiger charge is -2.10.